The van der Waals surface area contributed by atoms with Gasteiger partial charge in [0.1, 0.15) is 6.61 Å². The Kier molecular flexibility index (Phi) is 7.20. The number of rotatable bonds is 7. The Hall–Kier alpha value is -2.44. The summed E-state index contributed by atoms with van der Waals surface area (Å²) in [5, 5.41) is -0.0335. The predicted molar refractivity (Wildman–Crippen MR) is 133 cm³/mol. The fourth-order valence-corrected chi connectivity index (χ4v) is 5.72. The zero-order valence-corrected chi connectivity index (χ0v) is 21.9. The lowest BCUT2D eigenvalue weighted by molar-refractivity contribution is -0.140. The monoisotopic (exact) mass is 467 g/mol. The molecule has 178 valence electrons. The van der Waals surface area contributed by atoms with Crippen molar-refractivity contribution in [3.63, 3.8) is 0 Å². The number of benzene rings is 2. The summed E-state index contributed by atoms with van der Waals surface area (Å²) in [6.07, 6.45) is -0.00794. The first-order valence-electron chi connectivity index (χ1n) is 11.7. The standard InChI is InChI=1S/C27H37NO4Si/c1-20(24(29)28-23(19-31-25(28)30)18-21-14-10-8-11-15-21)27(5,22-16-12-9-13-17-22)32-33(6,7)26(2,3)4/h8-17,20,23H,18-19H2,1-7H3/t20?,23-,27?/m1/s1. The van der Waals surface area contributed by atoms with Crippen molar-refractivity contribution in [3.8, 4) is 0 Å². The summed E-state index contributed by atoms with van der Waals surface area (Å²) in [7, 11) is -2.25. The molecule has 2 unspecified atom stereocenters. The van der Waals surface area contributed by atoms with Gasteiger partial charge < -0.3 is 9.16 Å². The highest BCUT2D eigenvalue weighted by atomic mass is 28.4. The minimum absolute atomic E-state index is 0.0335. The SMILES string of the molecule is CC(C(=O)N1C(=O)OC[C@H]1Cc1ccccc1)C(C)(O[Si](C)(C)C(C)(C)C)c1ccccc1. The third-order valence-corrected chi connectivity index (χ3v) is 11.9. The molecule has 33 heavy (non-hydrogen) atoms. The van der Waals surface area contributed by atoms with Crippen LogP contribution < -0.4 is 0 Å². The number of hydrogen-bond donors (Lipinski definition) is 0. The Labute approximate surface area is 199 Å². The number of carbonyl (C=O) groups excluding carboxylic acids is 2. The molecule has 0 aromatic heterocycles. The molecule has 6 heteroatoms. The number of ether oxygens (including phenoxy) is 1. The summed E-state index contributed by atoms with van der Waals surface area (Å²) in [4.78, 5) is 27.9. The smallest absolute Gasteiger partial charge is 0.416 e. The molecule has 1 saturated heterocycles. The van der Waals surface area contributed by atoms with E-state index < -0.39 is 25.9 Å². The maximum absolute atomic E-state index is 13.9. The highest BCUT2D eigenvalue weighted by Crippen LogP contribution is 2.45. The van der Waals surface area contributed by atoms with Crippen LogP contribution in [0.4, 0.5) is 4.79 Å². The van der Waals surface area contributed by atoms with Crippen molar-refractivity contribution in [2.24, 2.45) is 5.92 Å². The fraction of sp³-hybridized carbons (Fsp3) is 0.481. The van der Waals surface area contributed by atoms with E-state index in [-0.39, 0.29) is 23.6 Å². The molecule has 0 saturated carbocycles. The summed E-state index contributed by atoms with van der Waals surface area (Å²) in [5.41, 5.74) is 1.11. The molecule has 1 fully saturated rings. The van der Waals surface area contributed by atoms with Gasteiger partial charge in [0.25, 0.3) is 0 Å². The van der Waals surface area contributed by atoms with E-state index in [1.165, 1.54) is 4.90 Å². The number of hydrogen-bond acceptors (Lipinski definition) is 4. The van der Waals surface area contributed by atoms with Crippen LogP contribution in [0, 0.1) is 5.92 Å². The van der Waals surface area contributed by atoms with Crippen LogP contribution in [0.15, 0.2) is 60.7 Å². The molecular weight excluding hydrogens is 430 g/mol. The highest BCUT2D eigenvalue weighted by molar-refractivity contribution is 6.74. The number of cyclic esters (lactones) is 1. The Morgan fingerprint density at radius 2 is 1.61 bits per heavy atom. The van der Waals surface area contributed by atoms with E-state index in [0.717, 1.165) is 11.1 Å². The number of nitrogens with zero attached hydrogens (tertiary/aromatic N) is 1. The fourth-order valence-electron chi connectivity index (χ4n) is 4.06. The first-order chi connectivity index (χ1) is 15.4. The van der Waals surface area contributed by atoms with E-state index in [1.807, 2.05) is 74.5 Å². The molecule has 2 aromatic carbocycles. The van der Waals surface area contributed by atoms with Crippen LogP contribution in [0.3, 0.4) is 0 Å². The number of amides is 2. The summed E-state index contributed by atoms with van der Waals surface area (Å²) in [6.45, 7) is 15.0. The molecule has 0 radical (unpaired) electrons. The molecule has 1 aliphatic rings. The lowest BCUT2D eigenvalue weighted by Gasteiger charge is -2.47. The zero-order chi connectivity index (χ0) is 24.4. The lowest BCUT2D eigenvalue weighted by Crippen LogP contribution is -2.54. The largest absolute Gasteiger partial charge is 0.447 e. The molecule has 5 nitrogen and oxygen atoms in total. The van der Waals surface area contributed by atoms with Crippen LogP contribution in [-0.2, 0) is 26.0 Å². The molecule has 0 N–H and O–H groups in total. The average Bonchev–Trinajstić information content (AvgIpc) is 3.12. The van der Waals surface area contributed by atoms with Crippen molar-refractivity contribution in [1.29, 1.82) is 0 Å². The van der Waals surface area contributed by atoms with Crippen LogP contribution in [0.2, 0.25) is 18.1 Å². The molecule has 2 aromatic rings. The van der Waals surface area contributed by atoms with Gasteiger partial charge in [-0.25, -0.2) is 9.69 Å². The van der Waals surface area contributed by atoms with Gasteiger partial charge in [-0.15, -0.1) is 0 Å². The quantitative estimate of drug-likeness (QED) is 0.458. The second-order valence-corrected chi connectivity index (χ2v) is 15.4. The summed E-state index contributed by atoms with van der Waals surface area (Å²) >= 11 is 0. The van der Waals surface area contributed by atoms with E-state index in [0.29, 0.717) is 6.42 Å². The van der Waals surface area contributed by atoms with E-state index in [4.69, 9.17) is 9.16 Å². The van der Waals surface area contributed by atoms with Crippen LogP contribution in [-0.4, -0.2) is 37.9 Å². The molecule has 3 atom stereocenters. The normalized spacial score (nSPS) is 19.7. The van der Waals surface area contributed by atoms with Gasteiger partial charge in [-0.2, -0.15) is 0 Å². The third-order valence-electron chi connectivity index (χ3n) is 7.33. The number of imide groups is 1. The number of carbonyl (C=O) groups is 2. The van der Waals surface area contributed by atoms with E-state index >= 15 is 0 Å². The molecule has 0 bridgehead atoms. The van der Waals surface area contributed by atoms with E-state index in [9.17, 15) is 9.59 Å². The topological polar surface area (TPSA) is 55.8 Å². The van der Waals surface area contributed by atoms with Gasteiger partial charge in [-0.3, -0.25) is 4.79 Å². The lowest BCUT2D eigenvalue weighted by atomic mass is 9.83. The van der Waals surface area contributed by atoms with Crippen LogP contribution in [0.1, 0.15) is 45.7 Å². The second-order valence-electron chi connectivity index (χ2n) is 10.7. The Balaban J connectivity index is 1.95. The summed E-state index contributed by atoms with van der Waals surface area (Å²) < 4.78 is 12.3. The van der Waals surface area contributed by atoms with Gasteiger partial charge in [0.05, 0.1) is 17.6 Å². The molecule has 0 aliphatic carbocycles. The Bertz CT molecular complexity index is 971. The van der Waals surface area contributed by atoms with Gasteiger partial charge in [-0.1, -0.05) is 88.4 Å². The van der Waals surface area contributed by atoms with Crippen molar-refractivity contribution >= 4 is 20.3 Å². The van der Waals surface area contributed by atoms with Crippen LogP contribution in [0.25, 0.3) is 0 Å². The van der Waals surface area contributed by atoms with Gasteiger partial charge in [-0.05, 0) is 42.6 Å². The minimum atomic E-state index is -2.25. The van der Waals surface area contributed by atoms with Crippen molar-refractivity contribution in [2.45, 2.75) is 70.8 Å². The van der Waals surface area contributed by atoms with Crippen molar-refractivity contribution in [1.82, 2.24) is 4.90 Å². The summed E-state index contributed by atoms with van der Waals surface area (Å²) in [6, 6.07) is 19.4. The first-order valence-corrected chi connectivity index (χ1v) is 14.6. The maximum atomic E-state index is 13.9. The molecular formula is C27H37NO4Si. The van der Waals surface area contributed by atoms with Gasteiger partial charge in [0.15, 0.2) is 8.32 Å². The zero-order valence-electron chi connectivity index (χ0n) is 20.9. The van der Waals surface area contributed by atoms with E-state index in [2.05, 4.69) is 33.9 Å². The summed E-state index contributed by atoms with van der Waals surface area (Å²) in [5.74, 6) is -0.846. The predicted octanol–water partition coefficient (Wildman–Crippen LogP) is 6.15. The highest BCUT2D eigenvalue weighted by Gasteiger charge is 2.50. The Morgan fingerprint density at radius 3 is 2.15 bits per heavy atom. The van der Waals surface area contributed by atoms with E-state index in [1.54, 1.807) is 0 Å². The first kappa shape index (κ1) is 25.2. The minimum Gasteiger partial charge on any atom is -0.447 e. The van der Waals surface area contributed by atoms with Crippen molar-refractivity contribution in [3.05, 3.63) is 71.8 Å². The molecule has 2 amide bonds. The molecule has 1 aliphatic heterocycles. The van der Waals surface area contributed by atoms with Gasteiger partial charge >= 0.3 is 6.09 Å². The second kappa shape index (κ2) is 9.43. The molecule has 1 heterocycles. The molecule has 0 spiro atoms. The Morgan fingerprint density at radius 1 is 1.06 bits per heavy atom. The maximum Gasteiger partial charge on any atom is 0.416 e. The third kappa shape index (κ3) is 5.22. The van der Waals surface area contributed by atoms with Crippen molar-refractivity contribution in [2.75, 3.05) is 6.61 Å². The van der Waals surface area contributed by atoms with Crippen LogP contribution in [0.5, 0.6) is 0 Å². The van der Waals surface area contributed by atoms with Crippen LogP contribution >= 0.6 is 0 Å². The van der Waals surface area contributed by atoms with Gasteiger partial charge in [0.2, 0.25) is 5.91 Å². The van der Waals surface area contributed by atoms with Gasteiger partial charge in [0, 0.05) is 0 Å². The molecule has 3 rings (SSSR count). The average molecular weight is 468 g/mol. The van der Waals surface area contributed by atoms with Crippen molar-refractivity contribution < 1.29 is 18.8 Å².